The molecule has 0 spiro atoms. The van der Waals surface area contributed by atoms with Gasteiger partial charge in [0.05, 0.1) is 26.9 Å². The molecule has 6 nitrogen and oxygen atoms in total. The first-order chi connectivity index (χ1) is 12.9. The summed E-state index contributed by atoms with van der Waals surface area (Å²) in [6.07, 6.45) is 0.421. The van der Waals surface area contributed by atoms with Gasteiger partial charge >= 0.3 is 0 Å². The van der Waals surface area contributed by atoms with Crippen molar-refractivity contribution in [1.82, 2.24) is 10.3 Å². The van der Waals surface area contributed by atoms with Crippen LogP contribution in [-0.2, 0) is 4.79 Å². The van der Waals surface area contributed by atoms with E-state index in [9.17, 15) is 14.4 Å². The van der Waals surface area contributed by atoms with Crippen molar-refractivity contribution in [2.45, 2.75) is 12.8 Å². The van der Waals surface area contributed by atoms with Gasteiger partial charge in [-0.05, 0) is 30.7 Å². The molecule has 0 aromatic heterocycles. The minimum atomic E-state index is -0.339. The van der Waals surface area contributed by atoms with E-state index in [1.165, 1.54) is 12.1 Å². The molecule has 2 N–H and O–H groups in total. The molecule has 0 atom stereocenters. The van der Waals surface area contributed by atoms with Crippen LogP contribution in [0.1, 0.15) is 33.6 Å². The highest BCUT2D eigenvalue weighted by atomic mass is 35.5. The number of halogens is 3. The zero-order valence-corrected chi connectivity index (χ0v) is 16.2. The average Bonchev–Trinajstić information content (AvgIpc) is 2.86. The normalized spacial score (nSPS) is 12.9. The zero-order chi connectivity index (χ0) is 19.6. The molecule has 0 radical (unpaired) electrons. The van der Waals surface area contributed by atoms with E-state index >= 15 is 0 Å². The van der Waals surface area contributed by atoms with E-state index in [0.717, 1.165) is 4.90 Å². The Morgan fingerprint density at radius 2 is 1.52 bits per heavy atom. The third-order valence-corrected chi connectivity index (χ3v) is 4.81. The number of hydrogen-bond acceptors (Lipinski definition) is 4. The van der Waals surface area contributed by atoms with Crippen molar-refractivity contribution in [1.29, 1.82) is 0 Å². The van der Waals surface area contributed by atoms with Crippen LogP contribution in [0.2, 0.25) is 15.1 Å². The molecule has 2 aromatic carbocycles. The molecule has 0 saturated heterocycles. The van der Waals surface area contributed by atoms with Crippen LogP contribution in [0.4, 0.5) is 5.69 Å². The summed E-state index contributed by atoms with van der Waals surface area (Å²) in [5.74, 6) is -1.02. The summed E-state index contributed by atoms with van der Waals surface area (Å²) in [7, 11) is 0. The van der Waals surface area contributed by atoms with Crippen LogP contribution in [-0.4, -0.2) is 29.2 Å². The molecule has 0 fully saturated rings. The van der Waals surface area contributed by atoms with E-state index < -0.39 is 0 Å². The van der Waals surface area contributed by atoms with Gasteiger partial charge in [-0.25, -0.2) is 0 Å². The SMILES string of the molecule is O=C(CCCN1C(=O)c2ccccc2C1=O)NNc1c(Cl)cc(Cl)cc1Cl. The summed E-state index contributed by atoms with van der Waals surface area (Å²) in [6, 6.07) is 9.63. The third-order valence-electron chi connectivity index (χ3n) is 4.00. The highest BCUT2D eigenvalue weighted by Gasteiger charge is 2.34. The number of nitrogens with one attached hydrogen (secondary N) is 2. The van der Waals surface area contributed by atoms with Gasteiger partial charge in [0.25, 0.3) is 11.8 Å². The second-order valence-electron chi connectivity index (χ2n) is 5.83. The molecular weight excluding hydrogens is 413 g/mol. The standard InChI is InChI=1S/C18H14Cl3N3O3/c19-10-8-13(20)16(14(21)9-10)23-22-15(25)6-3-7-24-17(26)11-4-1-2-5-12(11)18(24)27/h1-2,4-5,8-9,23H,3,6-7H2,(H,22,25). The summed E-state index contributed by atoms with van der Waals surface area (Å²) in [4.78, 5) is 37.6. The molecule has 140 valence electrons. The van der Waals surface area contributed by atoms with Gasteiger partial charge in [0.1, 0.15) is 0 Å². The Hall–Kier alpha value is -2.28. The van der Waals surface area contributed by atoms with E-state index in [1.807, 2.05) is 0 Å². The lowest BCUT2D eigenvalue weighted by Gasteiger charge is -2.14. The molecule has 0 aliphatic carbocycles. The minimum Gasteiger partial charge on any atom is -0.296 e. The lowest BCUT2D eigenvalue weighted by molar-refractivity contribution is -0.120. The van der Waals surface area contributed by atoms with Crippen LogP contribution < -0.4 is 10.9 Å². The molecular formula is C18H14Cl3N3O3. The monoisotopic (exact) mass is 425 g/mol. The number of carbonyl (C=O) groups is 3. The van der Waals surface area contributed by atoms with Gasteiger partial charge < -0.3 is 0 Å². The molecule has 27 heavy (non-hydrogen) atoms. The number of hydrazine groups is 1. The number of rotatable bonds is 6. The number of nitrogens with zero attached hydrogens (tertiary/aromatic N) is 1. The van der Waals surface area contributed by atoms with E-state index in [2.05, 4.69) is 10.9 Å². The molecule has 0 unspecified atom stereocenters. The van der Waals surface area contributed by atoms with Gasteiger partial charge in [0, 0.05) is 18.0 Å². The highest BCUT2D eigenvalue weighted by Crippen LogP contribution is 2.33. The van der Waals surface area contributed by atoms with Crippen LogP contribution in [0.5, 0.6) is 0 Å². The van der Waals surface area contributed by atoms with Gasteiger partial charge in [-0.15, -0.1) is 0 Å². The lowest BCUT2D eigenvalue weighted by atomic mass is 10.1. The predicted molar refractivity (Wildman–Crippen MR) is 104 cm³/mol. The van der Waals surface area contributed by atoms with Crippen LogP contribution in [0.3, 0.4) is 0 Å². The summed E-state index contributed by atoms with van der Waals surface area (Å²) < 4.78 is 0. The zero-order valence-electron chi connectivity index (χ0n) is 13.9. The first kappa shape index (κ1) is 19.5. The van der Waals surface area contributed by atoms with E-state index in [4.69, 9.17) is 34.8 Å². The van der Waals surface area contributed by atoms with Crippen LogP contribution in [0.15, 0.2) is 36.4 Å². The molecule has 3 rings (SSSR count). The third kappa shape index (κ3) is 4.18. The Bertz CT molecular complexity index is 875. The summed E-state index contributed by atoms with van der Waals surface area (Å²) in [5, 5.41) is 0.903. The topological polar surface area (TPSA) is 78.5 Å². The maximum Gasteiger partial charge on any atom is 0.261 e. The van der Waals surface area contributed by atoms with E-state index in [-0.39, 0.29) is 40.7 Å². The number of fused-ring (bicyclic) bond motifs is 1. The summed E-state index contributed by atoms with van der Waals surface area (Å²) in [5.41, 5.74) is 6.23. The fourth-order valence-electron chi connectivity index (χ4n) is 2.70. The summed E-state index contributed by atoms with van der Waals surface area (Å²) >= 11 is 17.9. The van der Waals surface area contributed by atoms with Crippen LogP contribution in [0, 0.1) is 0 Å². The van der Waals surface area contributed by atoms with Crippen molar-refractivity contribution in [3.63, 3.8) is 0 Å². The van der Waals surface area contributed by atoms with Crippen molar-refractivity contribution in [3.05, 3.63) is 62.6 Å². The Morgan fingerprint density at radius 3 is 2.07 bits per heavy atom. The second kappa shape index (κ2) is 8.17. The molecule has 0 saturated carbocycles. The number of anilines is 1. The van der Waals surface area contributed by atoms with Crippen molar-refractivity contribution in [3.8, 4) is 0 Å². The number of imide groups is 1. The summed E-state index contributed by atoms with van der Waals surface area (Å²) in [6.45, 7) is 0.155. The van der Waals surface area contributed by atoms with Gasteiger partial charge in [0.15, 0.2) is 0 Å². The van der Waals surface area contributed by atoms with Gasteiger partial charge in [-0.1, -0.05) is 46.9 Å². The van der Waals surface area contributed by atoms with Crippen LogP contribution in [0.25, 0.3) is 0 Å². The van der Waals surface area contributed by atoms with Crippen molar-refractivity contribution >= 4 is 58.2 Å². The first-order valence-corrected chi connectivity index (χ1v) is 9.16. The van der Waals surface area contributed by atoms with Crippen LogP contribution >= 0.6 is 34.8 Å². The van der Waals surface area contributed by atoms with Crippen molar-refractivity contribution in [2.75, 3.05) is 12.0 Å². The first-order valence-electron chi connectivity index (χ1n) is 8.03. The molecule has 1 heterocycles. The van der Waals surface area contributed by atoms with Crippen molar-refractivity contribution in [2.24, 2.45) is 0 Å². The largest absolute Gasteiger partial charge is 0.296 e. The maximum atomic E-state index is 12.2. The Labute approximate surface area is 170 Å². The quantitative estimate of drug-likeness (QED) is 0.537. The van der Waals surface area contributed by atoms with Gasteiger partial charge in [0.2, 0.25) is 5.91 Å². The maximum absolute atomic E-state index is 12.2. The van der Waals surface area contributed by atoms with Gasteiger partial charge in [-0.2, -0.15) is 0 Å². The number of amides is 3. The Morgan fingerprint density at radius 1 is 0.963 bits per heavy atom. The number of carbonyl (C=O) groups excluding carboxylic acids is 3. The fraction of sp³-hybridized carbons (Fsp3) is 0.167. The predicted octanol–water partition coefficient (Wildman–Crippen LogP) is 4.17. The van der Waals surface area contributed by atoms with Crippen molar-refractivity contribution < 1.29 is 14.4 Å². The fourth-order valence-corrected chi connectivity index (χ4v) is 3.61. The van der Waals surface area contributed by atoms with E-state index in [1.54, 1.807) is 24.3 Å². The smallest absolute Gasteiger partial charge is 0.261 e. The second-order valence-corrected chi connectivity index (χ2v) is 7.08. The van der Waals surface area contributed by atoms with Gasteiger partial charge in [-0.3, -0.25) is 30.1 Å². The number of benzene rings is 2. The number of hydrogen-bond donors (Lipinski definition) is 2. The lowest BCUT2D eigenvalue weighted by Crippen LogP contribution is -2.33. The molecule has 1 aliphatic rings. The molecule has 3 amide bonds. The molecule has 9 heteroatoms. The molecule has 1 aliphatic heterocycles. The Balaban J connectivity index is 1.50. The average molecular weight is 427 g/mol. The minimum absolute atomic E-state index is 0.100. The molecule has 0 bridgehead atoms. The highest BCUT2D eigenvalue weighted by molar-refractivity contribution is 6.41. The Kier molecular flexibility index (Phi) is 5.89. The molecule has 2 aromatic rings. The van der Waals surface area contributed by atoms with E-state index in [0.29, 0.717) is 28.3 Å².